The second kappa shape index (κ2) is 11.5. The lowest BCUT2D eigenvalue weighted by atomic mass is 10.0. The maximum absolute atomic E-state index is 15.9. The van der Waals surface area contributed by atoms with Crippen LogP contribution < -0.4 is 16.3 Å². The lowest BCUT2D eigenvalue weighted by Gasteiger charge is -2.41. The number of nitrogens with two attached hydrogens (primary N) is 1. The Morgan fingerprint density at radius 3 is 2.48 bits per heavy atom. The van der Waals surface area contributed by atoms with Gasteiger partial charge in [0.1, 0.15) is 28.7 Å². The number of carbonyl (C=O) groups is 1. The number of rotatable bonds is 4. The summed E-state index contributed by atoms with van der Waals surface area (Å²) in [4.78, 5) is 39.1. The summed E-state index contributed by atoms with van der Waals surface area (Å²) >= 11 is 0. The van der Waals surface area contributed by atoms with E-state index in [1.54, 1.807) is 25.7 Å². The number of amides is 1. The number of anilines is 1. The molecule has 0 unspecified atom stereocenters. The van der Waals surface area contributed by atoms with Gasteiger partial charge >= 0.3 is 11.8 Å². The largest absolute Gasteiger partial charge is 0.507 e. The number of nitrogens with zero attached hydrogens (tertiary/aromatic N) is 5. The number of fused-ring (bicyclic) bond motifs is 1. The number of hydrogen-bond acceptors (Lipinski definition) is 8. The Hall–Kier alpha value is -4.58. The lowest BCUT2D eigenvalue weighted by molar-refractivity contribution is 0.0218. The van der Waals surface area contributed by atoms with E-state index in [1.807, 2.05) is 37.8 Å². The molecule has 1 aliphatic heterocycles. The molecule has 232 valence electrons. The molecule has 2 aromatic carbocycles. The summed E-state index contributed by atoms with van der Waals surface area (Å²) in [6, 6.07) is 8.15. The van der Waals surface area contributed by atoms with Crippen LogP contribution in [-0.2, 0) is 11.3 Å². The second-order valence-electron chi connectivity index (χ2n) is 12.1. The standard InChI is InChI=1S/C32H36F2N6O4/c1-17-10-11-20(15-35)19(3)27(17)40-29-21(14-23(34)26(36-29)25-22(33)8-7-9-24(25)41)28(37-30(40)42)39-13-12-38(16-18(39)2)31(43)44-32(4,5)6/h7-11,14,18,41H,12-13,15-16,35H2,1-6H3/t18-/m0/s1. The third-order valence-corrected chi connectivity index (χ3v) is 7.77. The highest BCUT2D eigenvalue weighted by atomic mass is 19.1. The van der Waals surface area contributed by atoms with Crippen LogP contribution in [0.15, 0.2) is 41.2 Å². The molecule has 12 heteroatoms. The van der Waals surface area contributed by atoms with Gasteiger partial charge in [-0.2, -0.15) is 4.98 Å². The summed E-state index contributed by atoms with van der Waals surface area (Å²) in [7, 11) is 0. The first kappa shape index (κ1) is 30.9. The monoisotopic (exact) mass is 606 g/mol. The van der Waals surface area contributed by atoms with Crippen LogP contribution in [0.1, 0.15) is 44.4 Å². The van der Waals surface area contributed by atoms with E-state index in [4.69, 9.17) is 10.5 Å². The van der Waals surface area contributed by atoms with Gasteiger partial charge in [-0.05, 0) is 76.4 Å². The molecule has 10 nitrogen and oxygen atoms in total. The van der Waals surface area contributed by atoms with Crippen molar-refractivity contribution >= 4 is 22.9 Å². The Morgan fingerprint density at radius 1 is 1.11 bits per heavy atom. The van der Waals surface area contributed by atoms with Gasteiger partial charge < -0.3 is 25.4 Å². The molecule has 0 aliphatic carbocycles. The van der Waals surface area contributed by atoms with Crippen molar-refractivity contribution in [2.75, 3.05) is 24.5 Å². The number of aromatic hydroxyl groups is 1. The first-order valence-corrected chi connectivity index (χ1v) is 14.4. The van der Waals surface area contributed by atoms with E-state index < -0.39 is 46.0 Å². The number of aromatic nitrogens is 3. The average molecular weight is 607 g/mol. The van der Waals surface area contributed by atoms with Crippen molar-refractivity contribution in [2.45, 2.75) is 59.7 Å². The van der Waals surface area contributed by atoms with Gasteiger partial charge in [0.25, 0.3) is 0 Å². The predicted octanol–water partition coefficient (Wildman–Crippen LogP) is 4.95. The van der Waals surface area contributed by atoms with E-state index >= 15 is 4.39 Å². The van der Waals surface area contributed by atoms with Gasteiger partial charge in [-0.1, -0.05) is 18.2 Å². The van der Waals surface area contributed by atoms with Crippen molar-refractivity contribution in [2.24, 2.45) is 5.73 Å². The van der Waals surface area contributed by atoms with Gasteiger partial charge in [0, 0.05) is 32.2 Å². The fourth-order valence-corrected chi connectivity index (χ4v) is 5.66. The Balaban J connectivity index is 1.74. The normalized spacial score (nSPS) is 15.6. The lowest BCUT2D eigenvalue weighted by Crippen LogP contribution is -2.55. The molecule has 3 heterocycles. The Kier molecular flexibility index (Phi) is 8.06. The number of phenols is 1. The molecular weight excluding hydrogens is 570 g/mol. The van der Waals surface area contributed by atoms with Gasteiger partial charge in [0.05, 0.1) is 16.6 Å². The molecule has 0 spiro atoms. The Morgan fingerprint density at radius 2 is 1.84 bits per heavy atom. The SMILES string of the molecule is Cc1ccc(CN)c(C)c1-n1c(=O)nc(N2CCN(C(=O)OC(C)(C)C)C[C@@H]2C)c2cc(F)c(-c3c(O)cccc3F)nc21. The van der Waals surface area contributed by atoms with Crippen LogP contribution in [0.25, 0.3) is 28.0 Å². The van der Waals surface area contributed by atoms with E-state index in [1.165, 1.54) is 16.7 Å². The third kappa shape index (κ3) is 5.57. The molecular formula is C32H36F2N6O4. The highest BCUT2D eigenvalue weighted by Crippen LogP contribution is 2.36. The molecule has 1 atom stereocenters. The number of halogens is 2. The quantitative estimate of drug-likeness (QED) is 0.334. The van der Waals surface area contributed by atoms with Crippen molar-refractivity contribution in [3.05, 3.63) is 75.2 Å². The first-order chi connectivity index (χ1) is 20.7. The summed E-state index contributed by atoms with van der Waals surface area (Å²) in [5, 5.41) is 10.7. The van der Waals surface area contributed by atoms with Crippen molar-refractivity contribution < 1.29 is 23.4 Å². The highest BCUT2D eigenvalue weighted by molar-refractivity contribution is 5.91. The fraction of sp³-hybridized carbons (Fsp3) is 0.375. The molecule has 1 saturated heterocycles. The molecule has 1 amide bonds. The molecule has 1 aliphatic rings. The van der Waals surface area contributed by atoms with Gasteiger partial charge in [0.2, 0.25) is 0 Å². The zero-order valence-electron chi connectivity index (χ0n) is 25.6. The first-order valence-electron chi connectivity index (χ1n) is 14.4. The number of aryl methyl sites for hydroxylation is 1. The number of piperazine rings is 1. The van der Waals surface area contributed by atoms with Gasteiger partial charge in [-0.3, -0.25) is 0 Å². The molecule has 5 rings (SSSR count). The van der Waals surface area contributed by atoms with Gasteiger partial charge in [-0.25, -0.2) is 27.9 Å². The number of ether oxygens (including phenoxy) is 1. The summed E-state index contributed by atoms with van der Waals surface area (Å²) < 4.78 is 37.7. The molecule has 44 heavy (non-hydrogen) atoms. The minimum atomic E-state index is -0.907. The fourth-order valence-electron chi connectivity index (χ4n) is 5.66. The molecule has 4 aromatic rings. The number of phenolic OH excluding ortho intramolecular Hbond substituents is 1. The molecule has 0 saturated carbocycles. The summed E-state index contributed by atoms with van der Waals surface area (Å²) in [5.74, 6) is -2.10. The van der Waals surface area contributed by atoms with Crippen molar-refractivity contribution in [1.29, 1.82) is 0 Å². The maximum atomic E-state index is 15.9. The molecule has 1 fully saturated rings. The van der Waals surface area contributed by atoms with E-state index in [-0.39, 0.29) is 49.1 Å². The summed E-state index contributed by atoms with van der Waals surface area (Å²) in [6.07, 6.45) is -0.454. The van der Waals surface area contributed by atoms with E-state index in [2.05, 4.69) is 9.97 Å². The van der Waals surface area contributed by atoms with E-state index in [0.29, 0.717) is 11.3 Å². The zero-order valence-corrected chi connectivity index (χ0v) is 25.6. The molecule has 0 radical (unpaired) electrons. The van der Waals surface area contributed by atoms with Crippen LogP contribution in [0.4, 0.5) is 19.4 Å². The van der Waals surface area contributed by atoms with Crippen LogP contribution >= 0.6 is 0 Å². The molecule has 0 bridgehead atoms. The average Bonchev–Trinajstić information content (AvgIpc) is 2.93. The van der Waals surface area contributed by atoms with Crippen LogP contribution in [0.3, 0.4) is 0 Å². The van der Waals surface area contributed by atoms with Gasteiger partial charge in [-0.15, -0.1) is 0 Å². The van der Waals surface area contributed by atoms with E-state index in [0.717, 1.165) is 23.3 Å². The van der Waals surface area contributed by atoms with Gasteiger partial charge in [0.15, 0.2) is 11.5 Å². The minimum Gasteiger partial charge on any atom is -0.507 e. The third-order valence-electron chi connectivity index (χ3n) is 7.77. The van der Waals surface area contributed by atoms with Crippen molar-refractivity contribution in [3.8, 4) is 22.7 Å². The number of benzene rings is 2. The minimum absolute atomic E-state index is 0.0289. The van der Waals surface area contributed by atoms with Crippen LogP contribution in [0, 0.1) is 25.5 Å². The topological polar surface area (TPSA) is 127 Å². The van der Waals surface area contributed by atoms with Crippen molar-refractivity contribution in [1.82, 2.24) is 19.4 Å². The number of hydrogen-bond donors (Lipinski definition) is 2. The Bertz CT molecular complexity index is 1810. The predicted molar refractivity (Wildman–Crippen MR) is 164 cm³/mol. The molecule has 3 N–H and O–H groups in total. The number of carbonyl (C=O) groups excluding carboxylic acids is 1. The second-order valence-corrected chi connectivity index (χ2v) is 12.1. The van der Waals surface area contributed by atoms with E-state index in [9.17, 15) is 19.1 Å². The smallest absolute Gasteiger partial charge is 0.410 e. The Labute approximate surface area is 253 Å². The van der Waals surface area contributed by atoms with Crippen molar-refractivity contribution in [3.63, 3.8) is 0 Å². The maximum Gasteiger partial charge on any atom is 0.410 e. The summed E-state index contributed by atoms with van der Waals surface area (Å²) in [6.45, 7) is 11.9. The van der Waals surface area contributed by atoms with Crippen LogP contribution in [-0.4, -0.2) is 61.9 Å². The van der Waals surface area contributed by atoms with Crippen LogP contribution in [0.2, 0.25) is 0 Å². The zero-order chi connectivity index (χ0) is 32.1. The number of pyridine rings is 1. The highest BCUT2D eigenvalue weighted by Gasteiger charge is 2.33. The van der Waals surface area contributed by atoms with Crippen LogP contribution in [0.5, 0.6) is 5.75 Å². The summed E-state index contributed by atoms with van der Waals surface area (Å²) in [5.41, 5.74) is 6.48. The molecule has 2 aromatic heterocycles.